The minimum atomic E-state index is -3.56. The lowest BCUT2D eigenvalue weighted by molar-refractivity contribution is 0.0640. The first kappa shape index (κ1) is 17.1. The van der Waals surface area contributed by atoms with Gasteiger partial charge in [-0.15, -0.1) is 0 Å². The molecule has 6 heteroatoms. The minimum Gasteiger partial charge on any atom is -0.389 e. The highest BCUT2D eigenvalue weighted by atomic mass is 32.2. The van der Waals surface area contributed by atoms with Gasteiger partial charge in [0, 0.05) is 20.1 Å². The van der Waals surface area contributed by atoms with Gasteiger partial charge in [0.15, 0.2) is 0 Å². The van der Waals surface area contributed by atoms with Gasteiger partial charge in [-0.2, -0.15) is 4.31 Å². The van der Waals surface area contributed by atoms with Gasteiger partial charge in [0.2, 0.25) is 10.0 Å². The summed E-state index contributed by atoms with van der Waals surface area (Å²) in [5.41, 5.74) is -0.0248. The lowest BCUT2D eigenvalue weighted by Crippen LogP contribution is -2.39. The maximum Gasteiger partial charge on any atom is 0.242 e. The van der Waals surface area contributed by atoms with Gasteiger partial charge < -0.3 is 10.4 Å². The third kappa shape index (κ3) is 4.86. The van der Waals surface area contributed by atoms with Crippen LogP contribution in [0.3, 0.4) is 0 Å². The Morgan fingerprint density at radius 1 is 1.25 bits per heavy atom. The average Bonchev–Trinajstić information content (AvgIpc) is 2.34. The number of aliphatic hydroxyl groups is 1. The van der Waals surface area contributed by atoms with Crippen molar-refractivity contribution in [2.24, 2.45) is 0 Å². The van der Waals surface area contributed by atoms with Crippen LogP contribution in [0.5, 0.6) is 0 Å². The normalized spacial score (nSPS) is 12.9. The highest BCUT2D eigenvalue weighted by Crippen LogP contribution is 2.17. The van der Waals surface area contributed by atoms with Crippen LogP contribution in [0.1, 0.15) is 26.3 Å². The number of rotatable bonds is 7. The Morgan fingerprint density at radius 2 is 1.80 bits per heavy atom. The number of nitrogens with zero attached hydrogens (tertiary/aromatic N) is 1. The van der Waals surface area contributed by atoms with E-state index in [1.165, 1.54) is 11.4 Å². The Hall–Kier alpha value is -0.950. The predicted molar refractivity (Wildman–Crippen MR) is 79.9 cm³/mol. The molecule has 0 amide bonds. The molecule has 0 radical (unpaired) electrons. The molecule has 0 spiro atoms. The number of sulfonamides is 1. The van der Waals surface area contributed by atoms with E-state index in [4.69, 9.17) is 0 Å². The first-order valence-corrected chi connectivity index (χ1v) is 8.09. The van der Waals surface area contributed by atoms with Crippen molar-refractivity contribution in [3.63, 3.8) is 0 Å². The Morgan fingerprint density at radius 3 is 2.25 bits per heavy atom. The topological polar surface area (TPSA) is 69.6 Å². The standard InChI is InChI=1S/C14H24N2O3S/c1-5-15-10-12-6-8-13(9-7-12)20(18,19)16(4)11-14(2,3)17/h6-9,15,17H,5,10-11H2,1-4H3. The van der Waals surface area contributed by atoms with E-state index < -0.39 is 15.6 Å². The molecule has 20 heavy (non-hydrogen) atoms. The van der Waals surface area contributed by atoms with Crippen LogP contribution in [-0.2, 0) is 16.6 Å². The van der Waals surface area contributed by atoms with Gasteiger partial charge in [-0.1, -0.05) is 19.1 Å². The lowest BCUT2D eigenvalue weighted by atomic mass is 10.1. The zero-order valence-electron chi connectivity index (χ0n) is 12.5. The maximum atomic E-state index is 12.3. The average molecular weight is 300 g/mol. The third-order valence-electron chi connectivity index (χ3n) is 2.82. The summed E-state index contributed by atoms with van der Waals surface area (Å²) in [6.07, 6.45) is 0. The monoisotopic (exact) mass is 300 g/mol. The highest BCUT2D eigenvalue weighted by Gasteiger charge is 2.26. The zero-order chi connectivity index (χ0) is 15.4. The summed E-state index contributed by atoms with van der Waals surface area (Å²) < 4.78 is 25.8. The van der Waals surface area contributed by atoms with Crippen molar-refractivity contribution in [3.05, 3.63) is 29.8 Å². The predicted octanol–water partition coefficient (Wildman–Crippen LogP) is 1.19. The van der Waals surface area contributed by atoms with Crippen molar-refractivity contribution in [2.75, 3.05) is 20.1 Å². The van der Waals surface area contributed by atoms with Gasteiger partial charge in [-0.3, -0.25) is 0 Å². The van der Waals surface area contributed by atoms with E-state index in [0.717, 1.165) is 18.7 Å². The van der Waals surface area contributed by atoms with Gasteiger partial charge in [0.25, 0.3) is 0 Å². The first-order valence-electron chi connectivity index (χ1n) is 6.65. The second kappa shape index (κ2) is 6.67. The molecule has 0 saturated heterocycles. The first-order chi connectivity index (χ1) is 9.16. The molecule has 0 heterocycles. The summed E-state index contributed by atoms with van der Waals surface area (Å²) in [6.45, 7) is 6.82. The van der Waals surface area contributed by atoms with Gasteiger partial charge in [-0.05, 0) is 38.1 Å². The fourth-order valence-electron chi connectivity index (χ4n) is 1.86. The molecule has 1 aromatic carbocycles. The molecule has 1 aromatic rings. The number of likely N-dealkylation sites (N-methyl/N-ethyl adjacent to an activating group) is 1. The number of benzene rings is 1. The third-order valence-corrected chi connectivity index (χ3v) is 4.64. The van der Waals surface area contributed by atoms with Crippen LogP contribution >= 0.6 is 0 Å². The summed E-state index contributed by atoms with van der Waals surface area (Å²) in [7, 11) is -2.08. The van der Waals surface area contributed by atoms with E-state index in [1.54, 1.807) is 38.1 Å². The molecule has 0 unspecified atom stereocenters. The van der Waals surface area contributed by atoms with E-state index in [2.05, 4.69) is 5.32 Å². The van der Waals surface area contributed by atoms with Crippen molar-refractivity contribution in [1.29, 1.82) is 0 Å². The maximum absolute atomic E-state index is 12.3. The van der Waals surface area contributed by atoms with Crippen molar-refractivity contribution < 1.29 is 13.5 Å². The van der Waals surface area contributed by atoms with Crippen LogP contribution in [0.4, 0.5) is 0 Å². The molecule has 1 rings (SSSR count). The highest BCUT2D eigenvalue weighted by molar-refractivity contribution is 7.89. The van der Waals surface area contributed by atoms with E-state index in [9.17, 15) is 13.5 Å². The molecule has 5 nitrogen and oxygen atoms in total. The summed E-state index contributed by atoms with van der Waals surface area (Å²) in [5, 5.41) is 12.9. The molecule has 2 N–H and O–H groups in total. The van der Waals surface area contributed by atoms with Crippen LogP contribution in [0.15, 0.2) is 29.2 Å². The van der Waals surface area contributed by atoms with E-state index >= 15 is 0 Å². The number of nitrogens with one attached hydrogen (secondary N) is 1. The Kier molecular flexibility index (Phi) is 5.70. The van der Waals surface area contributed by atoms with E-state index in [0.29, 0.717) is 0 Å². The summed E-state index contributed by atoms with van der Waals surface area (Å²) in [6, 6.07) is 6.80. The van der Waals surface area contributed by atoms with Crippen LogP contribution in [0.25, 0.3) is 0 Å². The zero-order valence-corrected chi connectivity index (χ0v) is 13.4. The summed E-state index contributed by atoms with van der Waals surface area (Å²) in [5.74, 6) is 0. The molecule has 0 aliphatic heterocycles. The molecular weight excluding hydrogens is 276 g/mol. The Balaban J connectivity index is 2.87. The molecule has 0 saturated carbocycles. The molecule has 0 aliphatic carbocycles. The quantitative estimate of drug-likeness (QED) is 0.793. The second-order valence-electron chi connectivity index (χ2n) is 5.50. The SMILES string of the molecule is CCNCc1ccc(S(=O)(=O)N(C)CC(C)(C)O)cc1. The van der Waals surface area contributed by atoms with Gasteiger partial charge in [0.1, 0.15) is 0 Å². The van der Waals surface area contributed by atoms with Crippen LogP contribution in [-0.4, -0.2) is 43.6 Å². The molecule has 0 aliphatic rings. The largest absolute Gasteiger partial charge is 0.389 e. The van der Waals surface area contributed by atoms with Crippen LogP contribution < -0.4 is 5.32 Å². The summed E-state index contributed by atoms with van der Waals surface area (Å²) >= 11 is 0. The van der Waals surface area contributed by atoms with Crippen LogP contribution in [0, 0.1) is 0 Å². The number of hydrogen-bond donors (Lipinski definition) is 2. The molecule has 0 atom stereocenters. The van der Waals surface area contributed by atoms with Crippen molar-refractivity contribution in [3.8, 4) is 0 Å². The molecule has 0 fully saturated rings. The fourth-order valence-corrected chi connectivity index (χ4v) is 3.18. The molecule has 0 bridgehead atoms. The Bertz CT molecular complexity index is 518. The smallest absolute Gasteiger partial charge is 0.242 e. The van der Waals surface area contributed by atoms with Crippen LogP contribution in [0.2, 0.25) is 0 Å². The fraction of sp³-hybridized carbons (Fsp3) is 0.571. The van der Waals surface area contributed by atoms with Crippen molar-refractivity contribution in [1.82, 2.24) is 9.62 Å². The minimum absolute atomic E-state index is 0.0501. The summed E-state index contributed by atoms with van der Waals surface area (Å²) in [4.78, 5) is 0.240. The van der Waals surface area contributed by atoms with E-state index in [1.807, 2.05) is 6.92 Å². The Labute approximate surface area is 121 Å². The van der Waals surface area contributed by atoms with Gasteiger partial charge in [-0.25, -0.2) is 8.42 Å². The molecular formula is C14H24N2O3S. The van der Waals surface area contributed by atoms with Crippen molar-refractivity contribution >= 4 is 10.0 Å². The van der Waals surface area contributed by atoms with Gasteiger partial charge in [0.05, 0.1) is 10.5 Å². The van der Waals surface area contributed by atoms with E-state index in [-0.39, 0.29) is 11.4 Å². The lowest BCUT2D eigenvalue weighted by Gasteiger charge is -2.25. The van der Waals surface area contributed by atoms with Gasteiger partial charge >= 0.3 is 0 Å². The second-order valence-corrected chi connectivity index (χ2v) is 7.54. The molecule has 114 valence electrons. The number of hydrogen-bond acceptors (Lipinski definition) is 4. The molecule has 0 aromatic heterocycles. The van der Waals surface area contributed by atoms with Crippen molar-refractivity contribution in [2.45, 2.75) is 37.8 Å².